The summed E-state index contributed by atoms with van der Waals surface area (Å²) >= 11 is 3.04. The number of halogens is 1. The van der Waals surface area contributed by atoms with Gasteiger partial charge in [0.25, 0.3) is 0 Å². The largest absolute Gasteiger partial charge is 0.261 e. The summed E-state index contributed by atoms with van der Waals surface area (Å²) in [5, 5.41) is 8.62. The van der Waals surface area contributed by atoms with Gasteiger partial charge in [-0.25, -0.2) is 5.21 Å². The molecule has 5 heavy (non-hydrogen) atoms. The molecule has 4 heteroatoms. The molecule has 0 spiro atoms. The molecule has 0 aromatic carbocycles. The number of aromatic amines is 2. The Labute approximate surface area is 36.9 Å². The molecule has 0 unspecified atom stereocenters. The monoisotopic (exact) mass is 135 g/mol. The summed E-state index contributed by atoms with van der Waals surface area (Å²) < 4.78 is 0.762. The molecule has 28 valence electrons. The van der Waals surface area contributed by atoms with Gasteiger partial charge in [-0.3, -0.25) is 5.10 Å². The highest BCUT2D eigenvalue weighted by molar-refractivity contribution is 9.10. The maximum atomic E-state index is 3.54. The molecule has 1 heterocycles. The summed E-state index contributed by atoms with van der Waals surface area (Å²) in [5.41, 5.74) is 0. The Hall–Kier alpha value is -0.250. The van der Waals surface area contributed by atoms with Crippen LogP contribution in [0.5, 0.6) is 0 Å². The van der Waals surface area contributed by atoms with Crippen LogP contribution in [0.4, 0.5) is 0 Å². The molecule has 0 saturated carbocycles. The van der Waals surface area contributed by atoms with E-state index in [1.165, 1.54) is 0 Å². The van der Waals surface area contributed by atoms with Gasteiger partial charge < -0.3 is 0 Å². The molecule has 0 aliphatic carbocycles. The Kier molecular flexibility index (Phi) is 0.508. The Balaban J connectivity index is 2.83. The fourth-order valence-corrected chi connectivity index (χ4v) is 0.275. The summed E-state index contributed by atoms with van der Waals surface area (Å²) in [6, 6.07) is 0. The van der Waals surface area contributed by atoms with Gasteiger partial charge in [0.15, 0.2) is 0 Å². The third-order valence-electron chi connectivity index (χ3n) is 0.313. The molecule has 0 aliphatic rings. The Morgan fingerprint density at radius 1 is 1.80 bits per heavy atom. The number of rotatable bonds is 0. The third-order valence-corrected chi connectivity index (χ3v) is 0.689. The van der Waals surface area contributed by atoms with E-state index in [4.69, 9.17) is 0 Å². The molecule has 0 atom stereocenters. The van der Waals surface area contributed by atoms with E-state index in [-0.39, 0.29) is 0 Å². The zero-order chi connectivity index (χ0) is 3.70. The van der Waals surface area contributed by atoms with Crippen LogP contribution in [0.15, 0.2) is 4.73 Å². The average molecular weight is 136 g/mol. The van der Waals surface area contributed by atoms with Crippen molar-refractivity contribution in [1.82, 2.24) is 15.4 Å². The summed E-state index contributed by atoms with van der Waals surface area (Å²) in [4.78, 5) is 0. The van der Waals surface area contributed by atoms with Crippen LogP contribution in [0.25, 0.3) is 0 Å². The Morgan fingerprint density at radius 2 is 2.20 bits per heavy atom. The number of aromatic nitrogens is 3. The van der Waals surface area contributed by atoms with Crippen molar-refractivity contribution in [3.63, 3.8) is 0 Å². The van der Waals surface area contributed by atoms with Crippen molar-refractivity contribution in [2.45, 2.75) is 0 Å². The van der Waals surface area contributed by atoms with Gasteiger partial charge in [-0.15, -0.1) is 5.10 Å². The van der Waals surface area contributed by atoms with E-state index >= 15 is 0 Å². The smallest absolute Gasteiger partial charge is 0.210 e. The van der Waals surface area contributed by atoms with E-state index in [2.05, 4.69) is 31.3 Å². The minimum Gasteiger partial charge on any atom is -0.261 e. The molecule has 1 rings (SSSR count). The molecule has 0 amide bonds. The minimum atomic E-state index is 0.762. The number of H-pyrrole nitrogens is 2. The molecule has 0 fully saturated rings. The molecule has 2 N–H and O–H groups in total. The summed E-state index contributed by atoms with van der Waals surface area (Å²) in [7, 11) is 0. The van der Waals surface area contributed by atoms with Crippen LogP contribution < -0.4 is 0 Å². The summed E-state index contributed by atoms with van der Waals surface area (Å²) in [6.07, 6.45) is 0. The van der Waals surface area contributed by atoms with Crippen molar-refractivity contribution >= 4 is 15.9 Å². The van der Waals surface area contributed by atoms with Gasteiger partial charge in [0.2, 0.25) is 4.73 Å². The standard InChI is InChI=1S/CH2BrN3/c2-1-3-5-4-1/h5H,(H,3,4). The molecule has 0 aliphatic heterocycles. The molecule has 3 nitrogen and oxygen atoms in total. The van der Waals surface area contributed by atoms with Crippen LogP contribution in [0.1, 0.15) is 0 Å². The van der Waals surface area contributed by atoms with E-state index in [0.29, 0.717) is 0 Å². The molecule has 0 bridgehead atoms. The van der Waals surface area contributed by atoms with E-state index in [9.17, 15) is 0 Å². The summed E-state index contributed by atoms with van der Waals surface area (Å²) in [6.45, 7) is 0. The normalized spacial score (nSPS) is 9.00. The second-order valence-electron chi connectivity index (χ2n) is 0.639. The lowest BCUT2D eigenvalue weighted by molar-refractivity contribution is 0.727. The first kappa shape index (κ1) is 2.96. The van der Waals surface area contributed by atoms with Gasteiger partial charge in [-0.05, 0) is 15.9 Å². The molecular weight excluding hydrogens is 134 g/mol. The van der Waals surface area contributed by atoms with Crippen LogP contribution in [0.2, 0.25) is 0 Å². The minimum absolute atomic E-state index is 0.762. The van der Waals surface area contributed by atoms with Gasteiger partial charge in [0.1, 0.15) is 0 Å². The lowest BCUT2D eigenvalue weighted by atomic mass is 11.4. The van der Waals surface area contributed by atoms with Crippen LogP contribution in [0.3, 0.4) is 0 Å². The van der Waals surface area contributed by atoms with Gasteiger partial charge in [0, 0.05) is 0 Å². The number of nitrogens with one attached hydrogen (secondary N) is 2. The summed E-state index contributed by atoms with van der Waals surface area (Å²) in [5.74, 6) is 0. The van der Waals surface area contributed by atoms with Crippen molar-refractivity contribution in [2.24, 2.45) is 0 Å². The molecule has 0 saturated heterocycles. The SMILES string of the molecule is Brc1n[nH][nH]1. The van der Waals surface area contributed by atoms with Crippen molar-refractivity contribution in [3.8, 4) is 0 Å². The van der Waals surface area contributed by atoms with E-state index in [1.54, 1.807) is 0 Å². The lowest BCUT2D eigenvalue weighted by Gasteiger charge is -1.87. The zero-order valence-corrected chi connectivity index (χ0v) is 3.91. The van der Waals surface area contributed by atoms with Gasteiger partial charge in [0.05, 0.1) is 0 Å². The van der Waals surface area contributed by atoms with Crippen LogP contribution in [0, 0.1) is 0 Å². The topological polar surface area (TPSA) is 44.5 Å². The highest BCUT2D eigenvalue weighted by Crippen LogP contribution is 1.93. The van der Waals surface area contributed by atoms with E-state index in [1.807, 2.05) is 0 Å². The highest BCUT2D eigenvalue weighted by Gasteiger charge is 1.79. The lowest BCUT2D eigenvalue weighted by Crippen LogP contribution is -1.92. The van der Waals surface area contributed by atoms with Crippen molar-refractivity contribution < 1.29 is 0 Å². The molecular formula is CH2BrN3. The van der Waals surface area contributed by atoms with Crippen LogP contribution >= 0.6 is 15.9 Å². The number of hydrogen-bond acceptors (Lipinski definition) is 1. The maximum absolute atomic E-state index is 3.54. The predicted octanol–water partition coefficient (Wildman–Crippen LogP) is 0.500. The van der Waals surface area contributed by atoms with Gasteiger partial charge >= 0.3 is 0 Å². The van der Waals surface area contributed by atoms with Crippen LogP contribution in [-0.2, 0) is 0 Å². The second-order valence-corrected chi connectivity index (χ2v) is 1.39. The van der Waals surface area contributed by atoms with Gasteiger partial charge in [-0.1, -0.05) is 0 Å². The van der Waals surface area contributed by atoms with E-state index in [0.717, 1.165) is 4.73 Å². The van der Waals surface area contributed by atoms with Crippen LogP contribution in [-0.4, -0.2) is 15.4 Å². The molecule has 1 aromatic rings. The Bertz CT molecular complexity index is 89.1. The quantitative estimate of drug-likeness (QED) is 0.535. The second kappa shape index (κ2) is 0.858. The third kappa shape index (κ3) is 0.347. The first-order valence-corrected chi connectivity index (χ1v) is 1.93. The number of hydrogen-bond donors (Lipinski definition) is 2. The average Bonchev–Trinajstić information content (AvgIpc) is 1.30. The Morgan fingerprint density at radius 3 is 2.20 bits per heavy atom. The fourth-order valence-electron chi connectivity index (χ4n) is 0.0982. The van der Waals surface area contributed by atoms with Crippen molar-refractivity contribution in [3.05, 3.63) is 4.73 Å². The van der Waals surface area contributed by atoms with Gasteiger partial charge in [-0.2, -0.15) is 0 Å². The van der Waals surface area contributed by atoms with Crippen molar-refractivity contribution in [2.75, 3.05) is 0 Å². The van der Waals surface area contributed by atoms with Crippen molar-refractivity contribution in [1.29, 1.82) is 0 Å². The highest BCUT2D eigenvalue weighted by atomic mass is 79.9. The zero-order valence-electron chi connectivity index (χ0n) is 2.33. The first-order chi connectivity index (χ1) is 2.39. The first-order valence-electron chi connectivity index (χ1n) is 1.14. The predicted molar refractivity (Wildman–Crippen MR) is 20.6 cm³/mol. The van der Waals surface area contributed by atoms with E-state index < -0.39 is 0 Å². The molecule has 0 radical (unpaired) electrons. The number of nitrogens with zero attached hydrogens (tertiary/aromatic N) is 1. The molecule has 1 aromatic heterocycles. The maximum Gasteiger partial charge on any atom is 0.210 e. The fraction of sp³-hybridized carbons (Fsp3) is 0.